The van der Waals surface area contributed by atoms with Crippen LogP contribution in [0.15, 0.2) is 35.4 Å². The van der Waals surface area contributed by atoms with E-state index in [0.717, 1.165) is 17.1 Å². The van der Waals surface area contributed by atoms with Gasteiger partial charge in [-0.2, -0.15) is 13.2 Å². The minimum atomic E-state index is -3.67. The summed E-state index contributed by atoms with van der Waals surface area (Å²) in [5.74, 6) is -0.895. The molecule has 0 unspecified atom stereocenters. The minimum Gasteiger partial charge on any atom is -0.481 e. The van der Waals surface area contributed by atoms with Crippen LogP contribution in [0.3, 0.4) is 0 Å². The van der Waals surface area contributed by atoms with Crippen LogP contribution < -0.4 is 5.73 Å². The van der Waals surface area contributed by atoms with Crippen molar-refractivity contribution in [1.82, 2.24) is 4.90 Å². The molecule has 1 aliphatic rings. The normalized spacial score (nSPS) is 15.5. The number of aliphatic carboxylic acids is 1. The predicted octanol–water partition coefficient (Wildman–Crippen LogP) is 5.16. The number of nitrogens with zero attached hydrogens (tertiary/aromatic N) is 1. The molecule has 8 heteroatoms. The predicted molar refractivity (Wildman–Crippen MR) is 113 cm³/mol. The van der Waals surface area contributed by atoms with Gasteiger partial charge in [0.1, 0.15) is 0 Å². The number of allylic oxidation sites excluding steroid dienone is 3. The maximum absolute atomic E-state index is 10.9. The van der Waals surface area contributed by atoms with Crippen LogP contribution in [-0.2, 0) is 4.79 Å². The summed E-state index contributed by atoms with van der Waals surface area (Å²) in [6, 6.07) is 6.09. The molecule has 4 nitrogen and oxygen atoms in total. The van der Waals surface area contributed by atoms with Crippen LogP contribution in [0, 0.1) is 12.8 Å². The number of nitrogens with two attached hydrogens (primary N) is 1. The molecular weight excluding hydrogens is 405 g/mol. The second-order valence-corrected chi connectivity index (χ2v) is 6.96. The topological polar surface area (TPSA) is 66.6 Å². The summed E-state index contributed by atoms with van der Waals surface area (Å²) in [6.07, 6.45) is 2.12. The van der Waals surface area contributed by atoms with Crippen LogP contribution in [0.1, 0.15) is 31.9 Å². The van der Waals surface area contributed by atoms with Gasteiger partial charge in [0.15, 0.2) is 0 Å². The summed E-state index contributed by atoms with van der Waals surface area (Å²) in [5.41, 5.74) is 10.5. The van der Waals surface area contributed by atoms with Gasteiger partial charge in [0.25, 0.3) is 0 Å². The number of carboxylic acids is 1. The van der Waals surface area contributed by atoms with Crippen LogP contribution in [-0.4, -0.2) is 49.3 Å². The van der Waals surface area contributed by atoms with Crippen LogP contribution in [0.4, 0.5) is 13.2 Å². The lowest BCUT2D eigenvalue weighted by Crippen LogP contribution is -2.50. The van der Waals surface area contributed by atoms with Crippen molar-refractivity contribution in [3.63, 3.8) is 0 Å². The summed E-state index contributed by atoms with van der Waals surface area (Å²) < 4.78 is 29.0. The Kier molecular flexibility index (Phi) is 12.6. The SMILES string of the molecule is C/C=C(\C(C)=C(/C)CN1CC(C(=O)O)C1)c1ccc(Cl)c(C)c1.CN.FC(F)F. The van der Waals surface area contributed by atoms with Gasteiger partial charge >= 0.3 is 12.6 Å². The monoisotopic (exact) mass is 434 g/mol. The lowest BCUT2D eigenvalue weighted by molar-refractivity contribution is -0.147. The fraction of sp³-hybridized carbons (Fsp3) is 0.476. The van der Waals surface area contributed by atoms with Crippen LogP contribution >= 0.6 is 11.6 Å². The second-order valence-electron chi connectivity index (χ2n) is 6.55. The van der Waals surface area contributed by atoms with Crippen molar-refractivity contribution in [2.45, 2.75) is 34.4 Å². The van der Waals surface area contributed by atoms with E-state index in [2.05, 4.69) is 36.6 Å². The van der Waals surface area contributed by atoms with E-state index in [9.17, 15) is 18.0 Å². The largest absolute Gasteiger partial charge is 0.481 e. The van der Waals surface area contributed by atoms with Crippen molar-refractivity contribution in [2.24, 2.45) is 11.7 Å². The van der Waals surface area contributed by atoms with Crippen LogP contribution in [0.5, 0.6) is 0 Å². The van der Waals surface area contributed by atoms with E-state index >= 15 is 0 Å². The Balaban J connectivity index is 0.00000116. The fourth-order valence-electron chi connectivity index (χ4n) is 2.95. The molecular formula is C21H30ClF3N2O2. The number of carbonyl (C=O) groups is 1. The third kappa shape index (κ3) is 9.02. The zero-order valence-corrected chi connectivity index (χ0v) is 18.2. The summed E-state index contributed by atoms with van der Waals surface area (Å²) in [4.78, 5) is 13.1. The standard InChI is InChI=1S/C19H24ClNO2.CHF3.CH5N/c1-5-17(15-6-7-18(20)12(2)8-15)14(4)13(3)9-21-10-16(11-21)19(22)23;2-1(3)4;1-2/h5-8,16H,9-11H2,1-4H3,(H,22,23);1H;2H2,1H3/b14-13+,17-5+;;. The highest BCUT2D eigenvalue weighted by Crippen LogP contribution is 2.29. The first-order chi connectivity index (χ1) is 13.6. The van der Waals surface area contributed by atoms with Gasteiger partial charge in [0.05, 0.1) is 5.92 Å². The van der Waals surface area contributed by atoms with Gasteiger partial charge in [0, 0.05) is 24.7 Å². The molecule has 0 aliphatic carbocycles. The van der Waals surface area contributed by atoms with Crippen molar-refractivity contribution in [3.05, 3.63) is 51.6 Å². The van der Waals surface area contributed by atoms with Gasteiger partial charge in [-0.05, 0) is 69.1 Å². The molecule has 1 heterocycles. The van der Waals surface area contributed by atoms with Crippen LogP contribution in [0.2, 0.25) is 5.02 Å². The van der Waals surface area contributed by atoms with Crippen molar-refractivity contribution in [1.29, 1.82) is 0 Å². The molecule has 0 atom stereocenters. The van der Waals surface area contributed by atoms with Gasteiger partial charge in [-0.15, -0.1) is 0 Å². The smallest absolute Gasteiger partial charge is 0.379 e. The Hall–Kier alpha value is -1.83. The molecule has 3 N–H and O–H groups in total. The van der Waals surface area contributed by atoms with Gasteiger partial charge in [-0.1, -0.05) is 29.3 Å². The van der Waals surface area contributed by atoms with E-state index in [1.54, 1.807) is 0 Å². The number of aryl methyl sites for hydroxylation is 1. The lowest BCUT2D eigenvalue weighted by Gasteiger charge is -2.37. The van der Waals surface area contributed by atoms with Gasteiger partial charge in [-0.3, -0.25) is 9.69 Å². The molecule has 1 fully saturated rings. The van der Waals surface area contributed by atoms with Gasteiger partial charge < -0.3 is 10.8 Å². The minimum absolute atomic E-state index is 0.205. The molecule has 1 aliphatic heterocycles. The molecule has 164 valence electrons. The van der Waals surface area contributed by atoms with E-state index in [4.69, 9.17) is 16.7 Å². The number of likely N-dealkylation sites (tertiary alicyclic amines) is 1. The average Bonchev–Trinajstić information content (AvgIpc) is 2.62. The first-order valence-corrected chi connectivity index (χ1v) is 9.49. The highest BCUT2D eigenvalue weighted by atomic mass is 35.5. The molecule has 0 bridgehead atoms. The molecule has 1 aromatic carbocycles. The first-order valence-electron chi connectivity index (χ1n) is 9.11. The molecule has 1 saturated heterocycles. The Labute approximate surface area is 175 Å². The van der Waals surface area contributed by atoms with Crippen molar-refractivity contribution < 1.29 is 23.1 Å². The zero-order valence-electron chi connectivity index (χ0n) is 17.5. The second kappa shape index (κ2) is 13.4. The summed E-state index contributed by atoms with van der Waals surface area (Å²) in [7, 11) is 1.50. The summed E-state index contributed by atoms with van der Waals surface area (Å²) in [6.45, 7) is 6.74. The quantitative estimate of drug-likeness (QED) is 0.628. The van der Waals surface area contributed by atoms with Gasteiger partial charge in [-0.25, -0.2) is 0 Å². The molecule has 1 aromatic rings. The number of benzene rings is 1. The van der Waals surface area contributed by atoms with E-state index < -0.39 is 12.6 Å². The lowest BCUT2D eigenvalue weighted by atomic mass is 9.93. The molecule has 0 radical (unpaired) electrons. The van der Waals surface area contributed by atoms with E-state index in [-0.39, 0.29) is 5.92 Å². The van der Waals surface area contributed by atoms with Crippen molar-refractivity contribution in [2.75, 3.05) is 26.7 Å². The third-order valence-electron chi connectivity index (χ3n) is 4.57. The fourth-order valence-corrected chi connectivity index (χ4v) is 3.07. The zero-order chi connectivity index (χ0) is 22.7. The summed E-state index contributed by atoms with van der Waals surface area (Å²) in [5, 5.41) is 9.74. The average molecular weight is 435 g/mol. The highest BCUT2D eigenvalue weighted by molar-refractivity contribution is 6.31. The Morgan fingerprint density at radius 1 is 1.31 bits per heavy atom. The Bertz CT molecular complexity index is 728. The maximum atomic E-state index is 10.9. The highest BCUT2D eigenvalue weighted by Gasteiger charge is 2.32. The van der Waals surface area contributed by atoms with E-state index in [0.29, 0.717) is 13.1 Å². The Morgan fingerprint density at radius 2 is 1.83 bits per heavy atom. The van der Waals surface area contributed by atoms with E-state index in [1.807, 2.05) is 26.0 Å². The molecule has 2 rings (SSSR count). The number of carboxylic acid groups (broad SMARTS) is 1. The van der Waals surface area contributed by atoms with E-state index in [1.165, 1.54) is 29.3 Å². The third-order valence-corrected chi connectivity index (χ3v) is 4.99. The number of alkyl halides is 3. The number of hydrogen-bond donors (Lipinski definition) is 2. The molecule has 0 amide bonds. The van der Waals surface area contributed by atoms with Crippen molar-refractivity contribution >= 4 is 23.1 Å². The molecule has 0 saturated carbocycles. The number of hydrogen-bond acceptors (Lipinski definition) is 3. The molecule has 0 spiro atoms. The molecule has 29 heavy (non-hydrogen) atoms. The summed E-state index contributed by atoms with van der Waals surface area (Å²) >= 11 is 6.12. The van der Waals surface area contributed by atoms with Crippen molar-refractivity contribution in [3.8, 4) is 0 Å². The number of halogens is 4. The van der Waals surface area contributed by atoms with Crippen LogP contribution in [0.25, 0.3) is 5.57 Å². The first kappa shape index (κ1) is 27.2. The molecule has 0 aromatic heterocycles. The maximum Gasteiger partial charge on any atom is 0.379 e. The Morgan fingerprint density at radius 3 is 2.24 bits per heavy atom. The van der Waals surface area contributed by atoms with Gasteiger partial charge in [0.2, 0.25) is 0 Å². The number of rotatable bonds is 5.